The van der Waals surface area contributed by atoms with Crippen molar-refractivity contribution in [1.29, 1.82) is 0 Å². The molecule has 0 saturated carbocycles. The van der Waals surface area contributed by atoms with Crippen LogP contribution in [0.4, 0.5) is 0 Å². The van der Waals surface area contributed by atoms with E-state index in [-0.39, 0.29) is 6.61 Å². The summed E-state index contributed by atoms with van der Waals surface area (Å²) in [6.07, 6.45) is -0.787. The summed E-state index contributed by atoms with van der Waals surface area (Å²) in [6.45, 7) is 6.44. The smallest absolute Gasteiger partial charge is 0.332 e. The molecule has 5 heteroatoms. The van der Waals surface area contributed by atoms with E-state index < -0.39 is 12.1 Å². The van der Waals surface area contributed by atoms with Crippen molar-refractivity contribution in [2.24, 2.45) is 0 Å². The third-order valence-corrected chi connectivity index (χ3v) is 2.11. The molecule has 0 aliphatic rings. The molecule has 0 bridgehead atoms. The Morgan fingerprint density at radius 3 is 2.93 bits per heavy atom. The number of aryl methyl sites for hydroxylation is 2. The van der Waals surface area contributed by atoms with E-state index in [1.165, 1.54) is 6.92 Å². The van der Waals surface area contributed by atoms with Gasteiger partial charge in [-0.15, -0.1) is 0 Å². The van der Waals surface area contributed by atoms with Gasteiger partial charge in [-0.25, -0.2) is 4.79 Å². The minimum atomic E-state index is -0.950. The number of carbonyl (C=O) groups is 1. The average molecular weight is 212 g/mol. The standard InChI is InChI=1S/C10H16N2O3/c1-4-12-9(5-7(2)11-12)6-15-8(3)10(13)14/h5,8H,4,6H2,1-3H3,(H,13,14)/t8-/m0/s1. The van der Waals surface area contributed by atoms with E-state index in [4.69, 9.17) is 9.84 Å². The van der Waals surface area contributed by atoms with Gasteiger partial charge in [-0.2, -0.15) is 5.10 Å². The van der Waals surface area contributed by atoms with Gasteiger partial charge in [-0.1, -0.05) is 0 Å². The molecule has 0 saturated heterocycles. The molecule has 1 N–H and O–H groups in total. The first-order valence-electron chi connectivity index (χ1n) is 4.92. The Bertz CT molecular complexity index is 346. The summed E-state index contributed by atoms with van der Waals surface area (Å²) in [6, 6.07) is 1.90. The number of ether oxygens (including phenoxy) is 1. The lowest BCUT2D eigenvalue weighted by Gasteiger charge is -2.09. The van der Waals surface area contributed by atoms with Gasteiger partial charge < -0.3 is 9.84 Å². The summed E-state index contributed by atoms with van der Waals surface area (Å²) in [5.41, 5.74) is 1.82. The number of hydrogen-bond acceptors (Lipinski definition) is 3. The largest absolute Gasteiger partial charge is 0.479 e. The molecule has 0 aromatic carbocycles. The van der Waals surface area contributed by atoms with Gasteiger partial charge in [-0.05, 0) is 26.8 Å². The highest BCUT2D eigenvalue weighted by Crippen LogP contribution is 2.07. The Kier molecular flexibility index (Phi) is 3.85. The summed E-state index contributed by atoms with van der Waals surface area (Å²) in [5, 5.41) is 12.9. The average Bonchev–Trinajstić information content (AvgIpc) is 2.55. The lowest BCUT2D eigenvalue weighted by molar-refractivity contribution is -0.150. The third kappa shape index (κ3) is 3.06. The van der Waals surface area contributed by atoms with Crippen LogP contribution in [-0.4, -0.2) is 27.0 Å². The van der Waals surface area contributed by atoms with Crippen molar-refractivity contribution in [2.75, 3.05) is 0 Å². The molecule has 0 fully saturated rings. The Labute approximate surface area is 88.7 Å². The van der Waals surface area contributed by atoms with Gasteiger partial charge in [0.05, 0.1) is 18.0 Å². The first-order chi connectivity index (χ1) is 7.04. The van der Waals surface area contributed by atoms with E-state index in [0.29, 0.717) is 0 Å². The fourth-order valence-electron chi connectivity index (χ4n) is 1.27. The molecule has 0 spiro atoms. The number of nitrogens with zero attached hydrogens (tertiary/aromatic N) is 2. The summed E-state index contributed by atoms with van der Waals surface area (Å²) >= 11 is 0. The molecule has 0 aliphatic heterocycles. The van der Waals surface area contributed by atoms with Crippen molar-refractivity contribution in [2.45, 2.75) is 40.0 Å². The molecular weight excluding hydrogens is 196 g/mol. The second-order valence-electron chi connectivity index (χ2n) is 3.38. The molecule has 5 nitrogen and oxygen atoms in total. The van der Waals surface area contributed by atoms with Crippen LogP contribution in [0.3, 0.4) is 0 Å². The maximum Gasteiger partial charge on any atom is 0.332 e. The zero-order chi connectivity index (χ0) is 11.4. The summed E-state index contributed by atoms with van der Waals surface area (Å²) in [5.74, 6) is -0.950. The minimum Gasteiger partial charge on any atom is -0.479 e. The molecule has 1 rings (SSSR count). The highest BCUT2D eigenvalue weighted by atomic mass is 16.5. The Balaban J connectivity index is 2.60. The van der Waals surface area contributed by atoms with Gasteiger partial charge in [-0.3, -0.25) is 4.68 Å². The van der Waals surface area contributed by atoms with Crippen molar-refractivity contribution >= 4 is 5.97 Å². The van der Waals surface area contributed by atoms with Crippen LogP contribution >= 0.6 is 0 Å². The van der Waals surface area contributed by atoms with E-state index in [1.54, 1.807) is 0 Å². The summed E-state index contributed by atoms with van der Waals surface area (Å²) < 4.78 is 6.99. The van der Waals surface area contributed by atoms with Crippen molar-refractivity contribution in [3.8, 4) is 0 Å². The van der Waals surface area contributed by atoms with Crippen LogP contribution in [0.1, 0.15) is 25.2 Å². The highest BCUT2D eigenvalue weighted by Gasteiger charge is 2.12. The second-order valence-corrected chi connectivity index (χ2v) is 3.38. The van der Waals surface area contributed by atoms with E-state index >= 15 is 0 Å². The number of aromatic nitrogens is 2. The molecule has 15 heavy (non-hydrogen) atoms. The molecule has 1 heterocycles. The summed E-state index contributed by atoms with van der Waals surface area (Å²) in [7, 11) is 0. The number of aliphatic carboxylic acids is 1. The van der Waals surface area contributed by atoms with Crippen LogP contribution in [0.25, 0.3) is 0 Å². The molecule has 1 atom stereocenters. The summed E-state index contributed by atoms with van der Waals surface area (Å²) in [4.78, 5) is 10.5. The van der Waals surface area contributed by atoms with E-state index in [9.17, 15) is 4.79 Å². The number of carboxylic acids is 1. The zero-order valence-electron chi connectivity index (χ0n) is 9.23. The van der Waals surface area contributed by atoms with Crippen LogP contribution < -0.4 is 0 Å². The van der Waals surface area contributed by atoms with Crippen molar-refractivity contribution < 1.29 is 14.6 Å². The van der Waals surface area contributed by atoms with Crippen molar-refractivity contribution in [1.82, 2.24) is 9.78 Å². The van der Waals surface area contributed by atoms with Gasteiger partial charge in [0.1, 0.15) is 0 Å². The predicted octanol–water partition coefficient (Wildman–Crippen LogP) is 1.20. The van der Waals surface area contributed by atoms with E-state index in [1.807, 2.05) is 24.6 Å². The first kappa shape index (κ1) is 11.7. The van der Waals surface area contributed by atoms with Crippen molar-refractivity contribution in [3.63, 3.8) is 0 Å². The van der Waals surface area contributed by atoms with E-state index in [0.717, 1.165) is 17.9 Å². The Morgan fingerprint density at radius 2 is 2.40 bits per heavy atom. The van der Waals surface area contributed by atoms with Gasteiger partial charge in [0, 0.05) is 6.54 Å². The van der Waals surface area contributed by atoms with Crippen LogP contribution in [0.5, 0.6) is 0 Å². The number of hydrogen-bond donors (Lipinski definition) is 1. The molecule has 0 aliphatic carbocycles. The lowest BCUT2D eigenvalue weighted by atomic mass is 10.3. The van der Waals surface area contributed by atoms with Crippen molar-refractivity contribution in [3.05, 3.63) is 17.5 Å². The molecule has 84 valence electrons. The van der Waals surface area contributed by atoms with E-state index in [2.05, 4.69) is 5.10 Å². The maximum atomic E-state index is 10.5. The molecular formula is C10H16N2O3. The van der Waals surface area contributed by atoms with Crippen LogP contribution in [0.15, 0.2) is 6.07 Å². The van der Waals surface area contributed by atoms with Gasteiger partial charge in [0.2, 0.25) is 0 Å². The third-order valence-electron chi connectivity index (χ3n) is 2.11. The fraction of sp³-hybridized carbons (Fsp3) is 0.600. The number of carboxylic acid groups (broad SMARTS) is 1. The topological polar surface area (TPSA) is 64.4 Å². The lowest BCUT2D eigenvalue weighted by Crippen LogP contribution is -2.20. The second kappa shape index (κ2) is 4.93. The van der Waals surface area contributed by atoms with Crippen LogP contribution in [0.2, 0.25) is 0 Å². The molecule has 1 aromatic rings. The van der Waals surface area contributed by atoms with Gasteiger partial charge >= 0.3 is 5.97 Å². The normalized spacial score (nSPS) is 12.7. The highest BCUT2D eigenvalue weighted by molar-refractivity contribution is 5.71. The predicted molar refractivity (Wildman–Crippen MR) is 54.5 cm³/mol. The molecule has 0 amide bonds. The minimum absolute atomic E-state index is 0.280. The quantitative estimate of drug-likeness (QED) is 0.796. The molecule has 1 aromatic heterocycles. The zero-order valence-corrected chi connectivity index (χ0v) is 9.23. The SMILES string of the molecule is CCn1nc(C)cc1CO[C@@H](C)C(=O)O. The van der Waals surface area contributed by atoms with Crippen LogP contribution in [-0.2, 0) is 22.7 Å². The maximum absolute atomic E-state index is 10.5. The van der Waals surface area contributed by atoms with Crippen LogP contribution in [0, 0.1) is 6.92 Å². The number of rotatable bonds is 5. The first-order valence-corrected chi connectivity index (χ1v) is 4.92. The Hall–Kier alpha value is -1.36. The molecule has 0 radical (unpaired) electrons. The Morgan fingerprint density at radius 1 is 1.73 bits per heavy atom. The van der Waals surface area contributed by atoms with Gasteiger partial charge in [0.25, 0.3) is 0 Å². The molecule has 0 unspecified atom stereocenters. The fourth-order valence-corrected chi connectivity index (χ4v) is 1.27. The van der Waals surface area contributed by atoms with Gasteiger partial charge in [0.15, 0.2) is 6.10 Å². The monoisotopic (exact) mass is 212 g/mol.